The van der Waals surface area contributed by atoms with Gasteiger partial charge in [-0.15, -0.1) is 0 Å². The minimum atomic E-state index is -1.42. The highest BCUT2D eigenvalue weighted by molar-refractivity contribution is 9.10. The van der Waals surface area contributed by atoms with E-state index >= 15 is 0 Å². The van der Waals surface area contributed by atoms with Gasteiger partial charge in [-0.2, -0.15) is 5.26 Å². The second-order valence-electron chi connectivity index (χ2n) is 3.17. The number of halogens is 2. The highest BCUT2D eigenvalue weighted by Gasteiger charge is 2.26. The van der Waals surface area contributed by atoms with Crippen molar-refractivity contribution in [3.8, 4) is 6.07 Å². The molecule has 1 atom stereocenters. The van der Waals surface area contributed by atoms with Gasteiger partial charge in [0.25, 0.3) is 0 Å². The van der Waals surface area contributed by atoms with E-state index in [-0.39, 0.29) is 10.0 Å². The average molecular weight is 299 g/mol. The van der Waals surface area contributed by atoms with Crippen molar-refractivity contribution >= 4 is 27.6 Å². The first-order valence-electron chi connectivity index (χ1n) is 4.61. The van der Waals surface area contributed by atoms with Crippen molar-refractivity contribution in [1.82, 2.24) is 5.32 Å². The number of ketones is 1. The van der Waals surface area contributed by atoms with Crippen LogP contribution in [0.4, 0.5) is 4.39 Å². The van der Waals surface area contributed by atoms with E-state index < -0.39 is 23.4 Å². The highest BCUT2D eigenvalue weighted by Crippen LogP contribution is 2.19. The second-order valence-corrected chi connectivity index (χ2v) is 4.02. The van der Waals surface area contributed by atoms with Crippen molar-refractivity contribution in [3.63, 3.8) is 0 Å². The molecule has 0 heterocycles. The first-order chi connectivity index (χ1) is 8.01. The smallest absolute Gasteiger partial charge is 0.245 e. The van der Waals surface area contributed by atoms with Crippen LogP contribution in [0.2, 0.25) is 0 Å². The van der Waals surface area contributed by atoms with Gasteiger partial charge in [-0.25, -0.2) is 4.39 Å². The van der Waals surface area contributed by atoms with Gasteiger partial charge < -0.3 is 5.32 Å². The maximum atomic E-state index is 13.0. The van der Waals surface area contributed by atoms with E-state index in [1.54, 1.807) is 6.07 Å². The summed E-state index contributed by atoms with van der Waals surface area (Å²) in [5.74, 6) is -3.28. The number of amides is 1. The fraction of sp³-hybridized carbons (Fsp3) is 0.182. The quantitative estimate of drug-likeness (QED) is 0.681. The van der Waals surface area contributed by atoms with Crippen molar-refractivity contribution in [3.05, 3.63) is 34.1 Å². The Bertz CT molecular complexity index is 511. The Morgan fingerprint density at radius 2 is 2.18 bits per heavy atom. The van der Waals surface area contributed by atoms with Crippen LogP contribution in [0.15, 0.2) is 22.7 Å². The Balaban J connectivity index is 3.07. The molecule has 1 aromatic rings. The summed E-state index contributed by atoms with van der Waals surface area (Å²) >= 11 is 2.93. The van der Waals surface area contributed by atoms with Gasteiger partial charge in [0, 0.05) is 12.6 Å². The summed E-state index contributed by atoms with van der Waals surface area (Å²) in [5.41, 5.74) is 0.105. The van der Waals surface area contributed by atoms with Gasteiger partial charge in [0.05, 0.1) is 10.5 Å². The third kappa shape index (κ3) is 2.88. The van der Waals surface area contributed by atoms with Gasteiger partial charge in [0.1, 0.15) is 5.82 Å². The maximum Gasteiger partial charge on any atom is 0.245 e. The third-order valence-electron chi connectivity index (χ3n) is 2.10. The summed E-state index contributed by atoms with van der Waals surface area (Å²) in [6.45, 7) is 0. The van der Waals surface area contributed by atoms with Crippen LogP contribution in [-0.2, 0) is 4.79 Å². The summed E-state index contributed by atoms with van der Waals surface area (Å²) in [7, 11) is 1.33. The highest BCUT2D eigenvalue weighted by atomic mass is 79.9. The van der Waals surface area contributed by atoms with Gasteiger partial charge in [-0.1, -0.05) is 0 Å². The van der Waals surface area contributed by atoms with E-state index in [9.17, 15) is 14.0 Å². The third-order valence-corrected chi connectivity index (χ3v) is 2.71. The Hall–Kier alpha value is -1.74. The van der Waals surface area contributed by atoms with Crippen molar-refractivity contribution in [2.24, 2.45) is 5.92 Å². The largest absolute Gasteiger partial charge is 0.358 e. The Morgan fingerprint density at radius 1 is 1.53 bits per heavy atom. The molecule has 0 spiro atoms. The fourth-order valence-electron chi connectivity index (χ4n) is 1.20. The summed E-state index contributed by atoms with van der Waals surface area (Å²) in [6.07, 6.45) is 0. The number of hydrogen-bond acceptors (Lipinski definition) is 3. The van der Waals surface area contributed by atoms with Crippen LogP contribution < -0.4 is 5.32 Å². The minimum Gasteiger partial charge on any atom is -0.358 e. The molecule has 0 saturated heterocycles. The maximum absolute atomic E-state index is 13.0. The van der Waals surface area contributed by atoms with Crippen LogP contribution >= 0.6 is 15.9 Å². The van der Waals surface area contributed by atoms with E-state index in [1.165, 1.54) is 19.2 Å². The summed E-state index contributed by atoms with van der Waals surface area (Å²) in [6, 6.07) is 5.18. The Morgan fingerprint density at radius 3 is 2.65 bits per heavy atom. The first-order valence-corrected chi connectivity index (χ1v) is 5.41. The molecule has 0 radical (unpaired) electrons. The molecule has 1 amide bonds. The zero-order valence-corrected chi connectivity index (χ0v) is 10.4. The molecule has 0 unspecified atom stereocenters. The number of benzene rings is 1. The van der Waals surface area contributed by atoms with Crippen LogP contribution in [-0.4, -0.2) is 18.7 Å². The fourth-order valence-corrected chi connectivity index (χ4v) is 1.58. The molecular formula is C11H8BrFN2O2. The molecule has 0 aromatic heterocycles. The van der Waals surface area contributed by atoms with E-state index in [2.05, 4.69) is 21.2 Å². The van der Waals surface area contributed by atoms with Crippen LogP contribution in [0.25, 0.3) is 0 Å². The van der Waals surface area contributed by atoms with Gasteiger partial charge in [0.2, 0.25) is 5.91 Å². The van der Waals surface area contributed by atoms with Crippen LogP contribution in [0.3, 0.4) is 0 Å². The standard InChI is InChI=1S/C11H8BrFN2O2/c1-15-11(17)7(5-14)10(16)6-2-3-9(13)8(12)4-6/h2-4,7H,1H3,(H,15,17)/t7-/m1/s1. The average Bonchev–Trinajstić information content (AvgIpc) is 2.33. The van der Waals surface area contributed by atoms with E-state index in [0.717, 1.165) is 6.07 Å². The van der Waals surface area contributed by atoms with Crippen molar-refractivity contribution < 1.29 is 14.0 Å². The molecule has 0 fully saturated rings. The number of hydrogen-bond donors (Lipinski definition) is 1. The minimum absolute atomic E-state index is 0.105. The van der Waals surface area contributed by atoms with Gasteiger partial charge in [-0.05, 0) is 34.1 Å². The normalized spacial score (nSPS) is 11.4. The molecule has 0 aliphatic rings. The lowest BCUT2D eigenvalue weighted by atomic mass is 9.98. The number of rotatable bonds is 3. The number of nitrogens with one attached hydrogen (secondary N) is 1. The molecular weight excluding hydrogens is 291 g/mol. The van der Waals surface area contributed by atoms with Gasteiger partial charge in [0.15, 0.2) is 11.7 Å². The van der Waals surface area contributed by atoms with Gasteiger partial charge >= 0.3 is 0 Å². The summed E-state index contributed by atoms with van der Waals surface area (Å²) < 4.78 is 13.1. The number of carbonyl (C=O) groups excluding carboxylic acids is 2. The lowest BCUT2D eigenvalue weighted by Crippen LogP contribution is -2.32. The number of nitrogens with zero attached hydrogens (tertiary/aromatic N) is 1. The topological polar surface area (TPSA) is 70.0 Å². The number of Topliss-reactive ketones (excluding diaryl/α,β-unsaturated/α-hetero) is 1. The molecule has 88 valence electrons. The molecule has 4 nitrogen and oxygen atoms in total. The lowest BCUT2D eigenvalue weighted by molar-refractivity contribution is -0.121. The molecule has 1 aromatic carbocycles. The van der Waals surface area contributed by atoms with E-state index in [1.807, 2.05) is 0 Å². The zero-order chi connectivity index (χ0) is 13.0. The zero-order valence-electron chi connectivity index (χ0n) is 8.83. The number of carbonyl (C=O) groups is 2. The second kappa shape index (κ2) is 5.55. The van der Waals surface area contributed by atoms with Crippen LogP contribution in [0, 0.1) is 23.1 Å². The molecule has 0 aliphatic carbocycles. The molecule has 1 N–H and O–H groups in total. The van der Waals surface area contributed by atoms with Crippen LogP contribution in [0.1, 0.15) is 10.4 Å². The van der Waals surface area contributed by atoms with Crippen molar-refractivity contribution in [2.75, 3.05) is 7.05 Å². The molecule has 6 heteroatoms. The Kier molecular flexibility index (Phi) is 4.35. The summed E-state index contributed by atoms with van der Waals surface area (Å²) in [5, 5.41) is 11.0. The first kappa shape index (κ1) is 13.3. The molecule has 0 aliphatic heterocycles. The molecule has 0 saturated carbocycles. The Labute approximate surface area is 106 Å². The molecule has 0 bridgehead atoms. The predicted molar refractivity (Wildman–Crippen MR) is 61.6 cm³/mol. The van der Waals surface area contributed by atoms with E-state index in [4.69, 9.17) is 5.26 Å². The number of nitriles is 1. The monoisotopic (exact) mass is 298 g/mol. The SMILES string of the molecule is CNC(=O)[C@H](C#N)C(=O)c1ccc(F)c(Br)c1. The van der Waals surface area contributed by atoms with Crippen molar-refractivity contribution in [2.45, 2.75) is 0 Å². The lowest BCUT2D eigenvalue weighted by Gasteiger charge is -2.07. The molecule has 17 heavy (non-hydrogen) atoms. The van der Waals surface area contributed by atoms with Crippen LogP contribution in [0.5, 0.6) is 0 Å². The van der Waals surface area contributed by atoms with E-state index in [0.29, 0.717) is 0 Å². The predicted octanol–water partition coefficient (Wildman–Crippen LogP) is 1.66. The van der Waals surface area contributed by atoms with Gasteiger partial charge in [-0.3, -0.25) is 9.59 Å². The summed E-state index contributed by atoms with van der Waals surface area (Å²) in [4.78, 5) is 23.1. The van der Waals surface area contributed by atoms with Crippen molar-refractivity contribution in [1.29, 1.82) is 5.26 Å². The molecule has 1 rings (SSSR count).